The smallest absolute Gasteiger partial charge is 0.162 e. The molecule has 29 heavy (non-hydrogen) atoms. The van der Waals surface area contributed by atoms with Gasteiger partial charge in [0.15, 0.2) is 11.5 Å². The molecular formula is C24H29N3O2. The summed E-state index contributed by atoms with van der Waals surface area (Å²) in [5.41, 5.74) is 3.23. The minimum Gasteiger partial charge on any atom is -0.493 e. The van der Waals surface area contributed by atoms with Gasteiger partial charge in [-0.15, -0.1) is 0 Å². The monoisotopic (exact) mass is 391 g/mol. The highest BCUT2D eigenvalue weighted by Gasteiger charge is 2.14. The minimum atomic E-state index is 0.0834. The second-order valence-corrected chi connectivity index (χ2v) is 7.07. The van der Waals surface area contributed by atoms with E-state index in [0.29, 0.717) is 17.3 Å². The molecule has 2 aromatic carbocycles. The van der Waals surface area contributed by atoms with Gasteiger partial charge in [0.05, 0.1) is 19.7 Å². The summed E-state index contributed by atoms with van der Waals surface area (Å²) in [4.78, 5) is 9.21. The van der Waals surface area contributed by atoms with Crippen LogP contribution in [0.2, 0.25) is 0 Å². The van der Waals surface area contributed by atoms with E-state index in [1.807, 2.05) is 19.1 Å². The number of unbranched alkanes of at least 4 members (excludes halogenated alkanes) is 1. The summed E-state index contributed by atoms with van der Waals surface area (Å²) in [5.74, 6) is 2.80. The molecule has 152 valence electrons. The van der Waals surface area contributed by atoms with Crippen molar-refractivity contribution in [3.05, 3.63) is 59.4 Å². The molecule has 0 amide bonds. The number of fused-ring (bicyclic) bond motifs is 1. The molecule has 0 fully saturated rings. The number of hydrogen-bond acceptors (Lipinski definition) is 5. The second-order valence-electron chi connectivity index (χ2n) is 7.07. The van der Waals surface area contributed by atoms with Crippen LogP contribution in [0, 0.1) is 6.92 Å². The molecule has 0 aliphatic rings. The molecule has 0 bridgehead atoms. The Morgan fingerprint density at radius 2 is 1.83 bits per heavy atom. The molecule has 1 heterocycles. The zero-order chi connectivity index (χ0) is 20.8. The lowest BCUT2D eigenvalue weighted by Crippen LogP contribution is -2.10. The van der Waals surface area contributed by atoms with Crippen LogP contribution < -0.4 is 14.8 Å². The highest BCUT2D eigenvalue weighted by atomic mass is 16.5. The fourth-order valence-electron chi connectivity index (χ4n) is 3.29. The quantitative estimate of drug-likeness (QED) is 0.515. The molecule has 3 aromatic rings. The highest BCUT2D eigenvalue weighted by Crippen LogP contribution is 2.35. The van der Waals surface area contributed by atoms with Crippen molar-refractivity contribution >= 4 is 22.8 Å². The average molecular weight is 392 g/mol. The predicted molar refractivity (Wildman–Crippen MR) is 120 cm³/mol. The molecule has 0 spiro atoms. The summed E-state index contributed by atoms with van der Waals surface area (Å²) in [5, 5.41) is 4.46. The number of ether oxygens (including phenoxy) is 2. The Morgan fingerprint density at radius 3 is 2.55 bits per heavy atom. The molecule has 1 aromatic heterocycles. The number of rotatable bonds is 8. The van der Waals surface area contributed by atoms with Gasteiger partial charge in [-0.2, -0.15) is 0 Å². The zero-order valence-electron chi connectivity index (χ0n) is 17.8. The number of methoxy groups -OCH3 is 2. The Bertz CT molecular complexity index is 1010. The van der Waals surface area contributed by atoms with E-state index in [1.165, 1.54) is 11.1 Å². The van der Waals surface area contributed by atoms with Gasteiger partial charge in [0.2, 0.25) is 0 Å². The van der Waals surface area contributed by atoms with Crippen molar-refractivity contribution in [2.24, 2.45) is 0 Å². The van der Waals surface area contributed by atoms with E-state index in [4.69, 9.17) is 9.47 Å². The third-order valence-corrected chi connectivity index (χ3v) is 4.84. The summed E-state index contributed by atoms with van der Waals surface area (Å²) in [7, 11) is 3.26. The van der Waals surface area contributed by atoms with Gasteiger partial charge in [0, 0.05) is 17.5 Å². The van der Waals surface area contributed by atoms with Crippen LogP contribution in [-0.2, 0) is 0 Å². The Morgan fingerprint density at radius 1 is 1.07 bits per heavy atom. The highest BCUT2D eigenvalue weighted by molar-refractivity contribution is 5.92. The first-order valence-electron chi connectivity index (χ1n) is 9.99. The van der Waals surface area contributed by atoms with E-state index in [9.17, 15) is 0 Å². The normalized spacial score (nSPS) is 12.3. The summed E-state index contributed by atoms with van der Waals surface area (Å²) in [6, 6.07) is 12.5. The van der Waals surface area contributed by atoms with Crippen LogP contribution in [-0.4, -0.2) is 24.2 Å². The van der Waals surface area contributed by atoms with Gasteiger partial charge in [-0.1, -0.05) is 43.7 Å². The Labute approximate surface area is 172 Å². The minimum absolute atomic E-state index is 0.0834. The van der Waals surface area contributed by atoms with Gasteiger partial charge in [-0.3, -0.25) is 0 Å². The lowest BCUT2D eigenvalue weighted by molar-refractivity contribution is 0.356. The topological polar surface area (TPSA) is 56.3 Å². The van der Waals surface area contributed by atoms with Crippen LogP contribution in [0.15, 0.2) is 42.5 Å². The fourth-order valence-corrected chi connectivity index (χ4v) is 3.29. The maximum atomic E-state index is 5.47. The van der Waals surface area contributed by atoms with E-state index in [2.05, 4.69) is 65.5 Å². The van der Waals surface area contributed by atoms with Gasteiger partial charge in [0.25, 0.3) is 0 Å². The van der Waals surface area contributed by atoms with Crippen molar-refractivity contribution < 1.29 is 9.47 Å². The summed E-state index contributed by atoms with van der Waals surface area (Å²) in [6.07, 6.45) is 6.65. The van der Waals surface area contributed by atoms with Gasteiger partial charge in [0.1, 0.15) is 11.6 Å². The number of allylic oxidation sites excluding steroid dienone is 1. The Kier molecular flexibility index (Phi) is 6.70. The van der Waals surface area contributed by atoms with Crippen molar-refractivity contribution in [2.75, 3.05) is 19.5 Å². The maximum Gasteiger partial charge on any atom is 0.162 e. The van der Waals surface area contributed by atoms with E-state index in [1.54, 1.807) is 14.2 Å². The molecule has 0 saturated heterocycles. The number of anilines is 1. The maximum absolute atomic E-state index is 5.47. The van der Waals surface area contributed by atoms with Crippen molar-refractivity contribution in [3.8, 4) is 11.5 Å². The molecule has 1 atom stereocenters. The third kappa shape index (κ3) is 4.86. The third-order valence-electron chi connectivity index (χ3n) is 4.84. The zero-order valence-corrected chi connectivity index (χ0v) is 17.8. The number of nitrogens with zero attached hydrogens (tertiary/aromatic N) is 2. The first-order valence-corrected chi connectivity index (χ1v) is 9.99. The van der Waals surface area contributed by atoms with Gasteiger partial charge in [-0.25, -0.2) is 9.97 Å². The number of aryl methyl sites for hydroxylation is 1. The number of aromatic nitrogens is 2. The molecule has 0 aliphatic carbocycles. The molecular weight excluding hydrogens is 362 g/mol. The fraction of sp³-hybridized carbons (Fsp3) is 0.333. The number of hydrogen-bond donors (Lipinski definition) is 1. The summed E-state index contributed by atoms with van der Waals surface area (Å²) in [6.45, 7) is 6.22. The lowest BCUT2D eigenvalue weighted by Gasteiger charge is -2.18. The van der Waals surface area contributed by atoms with Crippen LogP contribution in [0.1, 0.15) is 49.7 Å². The predicted octanol–water partition coefficient (Wildman–Crippen LogP) is 5.94. The molecule has 1 N–H and O–H groups in total. The van der Waals surface area contributed by atoms with Crippen LogP contribution in [0.4, 0.5) is 5.82 Å². The van der Waals surface area contributed by atoms with Gasteiger partial charge < -0.3 is 14.8 Å². The van der Waals surface area contributed by atoms with Gasteiger partial charge in [-0.05, 0) is 43.5 Å². The second kappa shape index (κ2) is 9.41. The van der Waals surface area contributed by atoms with E-state index in [0.717, 1.165) is 29.6 Å². The Hall–Kier alpha value is -3.08. The van der Waals surface area contributed by atoms with E-state index >= 15 is 0 Å². The van der Waals surface area contributed by atoms with E-state index < -0.39 is 0 Å². The Balaban J connectivity index is 1.94. The average Bonchev–Trinajstić information content (AvgIpc) is 2.73. The summed E-state index contributed by atoms with van der Waals surface area (Å²) >= 11 is 0. The largest absolute Gasteiger partial charge is 0.493 e. The van der Waals surface area contributed by atoms with Crippen LogP contribution in [0.25, 0.3) is 17.0 Å². The molecule has 0 radical (unpaired) electrons. The molecule has 5 nitrogen and oxygen atoms in total. The molecule has 0 saturated carbocycles. The van der Waals surface area contributed by atoms with Crippen LogP contribution >= 0.6 is 0 Å². The molecule has 0 unspecified atom stereocenters. The molecule has 5 heteroatoms. The van der Waals surface area contributed by atoms with Crippen LogP contribution in [0.3, 0.4) is 0 Å². The lowest BCUT2D eigenvalue weighted by atomic mass is 10.0. The molecule has 3 rings (SSSR count). The van der Waals surface area contributed by atoms with Crippen molar-refractivity contribution in [2.45, 2.75) is 39.7 Å². The van der Waals surface area contributed by atoms with Crippen molar-refractivity contribution in [1.29, 1.82) is 0 Å². The first kappa shape index (κ1) is 20.6. The number of benzene rings is 2. The van der Waals surface area contributed by atoms with Crippen LogP contribution in [0.5, 0.6) is 11.5 Å². The van der Waals surface area contributed by atoms with Crippen molar-refractivity contribution in [3.63, 3.8) is 0 Å². The first-order chi connectivity index (χ1) is 14.0. The van der Waals surface area contributed by atoms with E-state index in [-0.39, 0.29) is 6.04 Å². The molecule has 0 aliphatic heterocycles. The SMILES string of the molecule is CCC/C=C/c1cccc([C@@H](C)Nc2nc(C)nc3cc(OC)c(OC)cc23)c1. The van der Waals surface area contributed by atoms with Crippen molar-refractivity contribution in [1.82, 2.24) is 9.97 Å². The number of nitrogens with one attached hydrogen (secondary N) is 1. The standard InChI is InChI=1S/C24H29N3O2/c1-6-7-8-10-18-11-9-12-19(13-18)16(2)25-24-20-14-22(28-4)23(29-5)15-21(20)26-17(3)27-24/h8-16H,6-7H2,1-5H3,(H,25,26,27)/b10-8+/t16-/m1/s1. The van der Waals surface area contributed by atoms with Gasteiger partial charge >= 0.3 is 0 Å². The summed E-state index contributed by atoms with van der Waals surface area (Å²) < 4.78 is 10.9.